The number of nitrogens with zero attached hydrogens (tertiary/aromatic N) is 7. The lowest BCUT2D eigenvalue weighted by Gasteiger charge is -2.25. The second kappa shape index (κ2) is 4.81. The summed E-state index contributed by atoms with van der Waals surface area (Å²) < 4.78 is 46.1. The third kappa shape index (κ3) is 1.73. The Hall–Kier alpha value is -3.43. The summed E-state index contributed by atoms with van der Waals surface area (Å²) in [6.07, 6.45) is 3.64. The molecular weight excluding hydrogens is 347 g/mol. The second-order valence-electron chi connectivity index (χ2n) is 5.78. The molecule has 0 bridgehead atoms. The van der Waals surface area contributed by atoms with Gasteiger partial charge in [0.05, 0.1) is 0 Å². The van der Waals surface area contributed by atoms with Crippen LogP contribution in [0.2, 0.25) is 0 Å². The predicted octanol–water partition coefficient (Wildman–Crippen LogP) is 1.78. The Balaban J connectivity index is 1.93. The summed E-state index contributed by atoms with van der Waals surface area (Å²) in [6, 6.07) is 9.73. The maximum absolute atomic E-state index is 13.3. The van der Waals surface area contributed by atoms with Crippen molar-refractivity contribution in [2.24, 2.45) is 0 Å². The van der Waals surface area contributed by atoms with E-state index in [2.05, 4.69) is 15.3 Å². The van der Waals surface area contributed by atoms with Crippen LogP contribution in [-0.2, 0) is 12.1 Å². The highest BCUT2D eigenvalue weighted by Gasteiger charge is 2.58. The van der Waals surface area contributed by atoms with Crippen molar-refractivity contribution in [2.75, 3.05) is 0 Å². The number of hydrogen-bond donors (Lipinski definition) is 0. The van der Waals surface area contributed by atoms with Crippen molar-refractivity contribution in [1.29, 1.82) is 0 Å². The highest BCUT2D eigenvalue weighted by molar-refractivity contribution is 5.54. The van der Waals surface area contributed by atoms with Crippen LogP contribution in [-0.4, -0.2) is 29.3 Å². The highest BCUT2D eigenvalue weighted by Crippen LogP contribution is 2.37. The van der Waals surface area contributed by atoms with Gasteiger partial charge in [0.2, 0.25) is 5.69 Å². The molecule has 0 spiro atoms. The molecule has 4 aromatic heterocycles. The molecular formula is C16H11F3N7+. The van der Waals surface area contributed by atoms with Gasteiger partial charge in [-0.05, 0) is 18.2 Å². The van der Waals surface area contributed by atoms with E-state index in [0.717, 1.165) is 6.07 Å². The summed E-state index contributed by atoms with van der Waals surface area (Å²) in [7, 11) is 0. The average Bonchev–Trinajstić information content (AvgIpc) is 3.38. The molecule has 0 unspecified atom stereocenters. The Bertz CT molecular complexity index is 1040. The minimum absolute atomic E-state index is 0.323. The quantitative estimate of drug-likeness (QED) is 0.452. The van der Waals surface area contributed by atoms with Gasteiger partial charge in [0.1, 0.15) is 5.69 Å². The molecule has 130 valence electrons. The normalized spacial score (nSPS) is 15.0. The molecule has 4 aromatic rings. The number of alkyl halides is 3. The maximum Gasteiger partial charge on any atom is 0.473 e. The van der Waals surface area contributed by atoms with Crippen LogP contribution in [0.15, 0.2) is 67.4 Å². The minimum atomic E-state index is -4.56. The molecule has 10 heteroatoms. The summed E-state index contributed by atoms with van der Waals surface area (Å²) in [5.41, 5.74) is -0.0725. The van der Waals surface area contributed by atoms with Crippen molar-refractivity contribution in [3.8, 4) is 11.4 Å². The van der Waals surface area contributed by atoms with E-state index in [1.165, 1.54) is 14.0 Å². The Labute approximate surface area is 144 Å². The summed E-state index contributed by atoms with van der Waals surface area (Å²) in [5, 5.41) is 12.5. The first-order valence-electron chi connectivity index (χ1n) is 7.72. The van der Waals surface area contributed by atoms with Crippen LogP contribution in [0.25, 0.3) is 11.4 Å². The molecule has 26 heavy (non-hydrogen) atoms. The Kier molecular flexibility index (Phi) is 2.75. The van der Waals surface area contributed by atoms with Crippen LogP contribution in [0.5, 0.6) is 0 Å². The van der Waals surface area contributed by atoms with E-state index in [1.54, 1.807) is 65.9 Å². The summed E-state index contributed by atoms with van der Waals surface area (Å²) in [4.78, 5) is 0. The first-order valence-corrected chi connectivity index (χ1v) is 7.72. The van der Waals surface area contributed by atoms with Gasteiger partial charge in [-0.3, -0.25) is 0 Å². The minimum Gasteiger partial charge on any atom is -0.172 e. The Morgan fingerprint density at radius 1 is 0.962 bits per heavy atom. The molecule has 1 aliphatic rings. The summed E-state index contributed by atoms with van der Waals surface area (Å²) in [5.74, 6) is -1.37. The molecule has 0 radical (unpaired) electrons. The molecule has 0 N–H and O–H groups in total. The van der Waals surface area contributed by atoms with Crippen LogP contribution in [0.1, 0.15) is 5.69 Å². The topological polar surface area (TPSA) is 57.3 Å². The monoisotopic (exact) mass is 358 g/mol. The fourth-order valence-corrected chi connectivity index (χ4v) is 3.36. The van der Waals surface area contributed by atoms with Crippen molar-refractivity contribution >= 4 is 0 Å². The van der Waals surface area contributed by atoms with Crippen LogP contribution in [0, 0.1) is 0 Å². The van der Waals surface area contributed by atoms with E-state index >= 15 is 0 Å². The van der Waals surface area contributed by atoms with Gasteiger partial charge >= 0.3 is 12.1 Å². The smallest absolute Gasteiger partial charge is 0.172 e. The molecule has 5 heterocycles. The van der Waals surface area contributed by atoms with Gasteiger partial charge in [-0.1, -0.05) is 0 Å². The number of pyridine rings is 1. The maximum atomic E-state index is 13.3. The van der Waals surface area contributed by atoms with E-state index in [9.17, 15) is 13.2 Å². The molecule has 1 aliphatic heterocycles. The Morgan fingerprint density at radius 2 is 1.65 bits per heavy atom. The van der Waals surface area contributed by atoms with E-state index in [4.69, 9.17) is 0 Å². The first-order chi connectivity index (χ1) is 12.5. The first kappa shape index (κ1) is 14.9. The van der Waals surface area contributed by atoms with E-state index in [0.29, 0.717) is 11.4 Å². The SMILES string of the molecule is FC(F)(F)c1cc2n(n1)C(n1cccn1)(n1cccn1)[n+]1ccccc1-2. The second-order valence-corrected chi connectivity index (χ2v) is 5.78. The van der Waals surface area contributed by atoms with Crippen LogP contribution >= 0.6 is 0 Å². The van der Waals surface area contributed by atoms with Gasteiger partial charge in [0.15, 0.2) is 11.9 Å². The molecule has 0 aromatic carbocycles. The van der Waals surface area contributed by atoms with Crippen LogP contribution < -0.4 is 4.57 Å². The molecule has 0 saturated carbocycles. The van der Waals surface area contributed by atoms with Crippen molar-refractivity contribution in [1.82, 2.24) is 29.3 Å². The third-order valence-corrected chi connectivity index (χ3v) is 4.35. The van der Waals surface area contributed by atoms with Gasteiger partial charge < -0.3 is 0 Å². The number of aromatic nitrogens is 7. The molecule has 0 atom stereocenters. The van der Waals surface area contributed by atoms with E-state index in [-0.39, 0.29) is 0 Å². The fraction of sp³-hybridized carbons (Fsp3) is 0.125. The molecule has 0 aliphatic carbocycles. The predicted molar refractivity (Wildman–Crippen MR) is 81.5 cm³/mol. The van der Waals surface area contributed by atoms with Gasteiger partial charge in [0.25, 0.3) is 0 Å². The zero-order chi connectivity index (χ0) is 17.9. The van der Waals surface area contributed by atoms with Crippen molar-refractivity contribution in [3.05, 3.63) is 73.1 Å². The number of hydrogen-bond acceptors (Lipinski definition) is 3. The van der Waals surface area contributed by atoms with Crippen LogP contribution in [0.3, 0.4) is 0 Å². The number of halogens is 3. The Morgan fingerprint density at radius 3 is 2.23 bits per heavy atom. The summed E-state index contributed by atoms with van der Waals surface area (Å²) >= 11 is 0. The van der Waals surface area contributed by atoms with Gasteiger partial charge in [0, 0.05) is 43.0 Å². The van der Waals surface area contributed by atoms with Crippen molar-refractivity contribution in [2.45, 2.75) is 12.1 Å². The average molecular weight is 358 g/mol. The molecule has 5 rings (SSSR count). The van der Waals surface area contributed by atoms with Gasteiger partial charge in [-0.25, -0.2) is 0 Å². The molecule has 0 fully saturated rings. The van der Waals surface area contributed by atoms with Gasteiger partial charge in [-0.2, -0.15) is 42.5 Å². The van der Waals surface area contributed by atoms with E-state index in [1.807, 2.05) is 0 Å². The highest BCUT2D eigenvalue weighted by atomic mass is 19.4. The lowest BCUT2D eigenvalue weighted by molar-refractivity contribution is -0.771. The zero-order valence-corrected chi connectivity index (χ0v) is 13.1. The lowest BCUT2D eigenvalue weighted by atomic mass is 10.2. The lowest BCUT2D eigenvalue weighted by Crippen LogP contribution is -2.67. The van der Waals surface area contributed by atoms with Crippen molar-refractivity contribution < 1.29 is 17.7 Å². The van der Waals surface area contributed by atoms with Gasteiger partial charge in [-0.15, -0.1) is 4.57 Å². The third-order valence-electron chi connectivity index (χ3n) is 4.35. The standard InChI is InChI=1S/C16H11F3N7/c17-15(18,19)14-11-13-12-5-1-2-8-23(12)16(26(13)22-14,24-9-3-6-20-24)25-10-4-7-21-25/h1-11H/q+1. The fourth-order valence-electron chi connectivity index (χ4n) is 3.36. The van der Waals surface area contributed by atoms with Crippen LogP contribution in [0.4, 0.5) is 13.2 Å². The molecule has 0 amide bonds. The zero-order valence-electron chi connectivity index (χ0n) is 13.1. The summed E-state index contributed by atoms with van der Waals surface area (Å²) in [6.45, 7) is 0. The van der Waals surface area contributed by atoms with E-state index < -0.39 is 17.8 Å². The number of fused-ring (bicyclic) bond motifs is 3. The largest absolute Gasteiger partial charge is 0.473 e. The number of rotatable bonds is 2. The van der Waals surface area contributed by atoms with Crippen molar-refractivity contribution in [3.63, 3.8) is 0 Å². The molecule has 7 nitrogen and oxygen atoms in total. The molecule has 0 saturated heterocycles.